The highest BCUT2D eigenvalue weighted by Gasteiger charge is 2.30. The van der Waals surface area contributed by atoms with E-state index in [0.29, 0.717) is 5.69 Å². The summed E-state index contributed by atoms with van der Waals surface area (Å²) in [5.41, 5.74) is 2.97. The Morgan fingerprint density at radius 3 is 2.75 bits per heavy atom. The van der Waals surface area contributed by atoms with Crippen LogP contribution in [0.3, 0.4) is 0 Å². The third-order valence-corrected chi connectivity index (χ3v) is 5.10. The molecule has 2 aromatic heterocycles. The van der Waals surface area contributed by atoms with Gasteiger partial charge >= 0.3 is 0 Å². The molecule has 4 heterocycles. The van der Waals surface area contributed by atoms with Crippen molar-refractivity contribution in [2.24, 2.45) is 7.05 Å². The SMILES string of the molecule is Cc1ccc(CN2CCc3c(C(=O)N4CCCC4)nn(C)c3C2)o1. The molecule has 24 heavy (non-hydrogen) atoms. The smallest absolute Gasteiger partial charge is 0.274 e. The minimum absolute atomic E-state index is 0.111. The number of fused-ring (bicyclic) bond motifs is 1. The van der Waals surface area contributed by atoms with Gasteiger partial charge in [-0.1, -0.05) is 0 Å². The minimum Gasteiger partial charge on any atom is -0.465 e. The van der Waals surface area contributed by atoms with E-state index >= 15 is 0 Å². The van der Waals surface area contributed by atoms with Crippen molar-refractivity contribution in [3.05, 3.63) is 40.6 Å². The molecule has 4 rings (SSSR count). The fourth-order valence-corrected chi connectivity index (χ4v) is 3.79. The number of aromatic nitrogens is 2. The molecule has 0 spiro atoms. The average molecular weight is 328 g/mol. The predicted octanol–water partition coefficient (Wildman–Crippen LogP) is 2.12. The second kappa shape index (κ2) is 6.09. The maximum atomic E-state index is 12.7. The normalized spacial score (nSPS) is 18.2. The van der Waals surface area contributed by atoms with Gasteiger partial charge in [-0.15, -0.1) is 0 Å². The molecule has 128 valence electrons. The molecular formula is C18H24N4O2. The Kier molecular flexibility index (Phi) is 3.92. The molecule has 2 aliphatic rings. The van der Waals surface area contributed by atoms with E-state index in [1.807, 2.05) is 35.7 Å². The first-order chi connectivity index (χ1) is 11.6. The lowest BCUT2D eigenvalue weighted by Gasteiger charge is -2.26. The van der Waals surface area contributed by atoms with Gasteiger partial charge in [0.1, 0.15) is 11.5 Å². The number of hydrogen-bond donors (Lipinski definition) is 0. The zero-order valence-electron chi connectivity index (χ0n) is 14.4. The summed E-state index contributed by atoms with van der Waals surface area (Å²) < 4.78 is 7.58. The van der Waals surface area contributed by atoms with Crippen molar-refractivity contribution < 1.29 is 9.21 Å². The van der Waals surface area contributed by atoms with Crippen LogP contribution in [0, 0.1) is 6.92 Å². The Hall–Kier alpha value is -2.08. The first-order valence-electron chi connectivity index (χ1n) is 8.73. The third-order valence-electron chi connectivity index (χ3n) is 5.10. The van der Waals surface area contributed by atoms with Crippen molar-refractivity contribution in [3.63, 3.8) is 0 Å². The summed E-state index contributed by atoms with van der Waals surface area (Å²) in [5.74, 6) is 2.05. The van der Waals surface area contributed by atoms with Crippen LogP contribution in [0.15, 0.2) is 16.5 Å². The monoisotopic (exact) mass is 328 g/mol. The number of carbonyl (C=O) groups excluding carboxylic acids is 1. The zero-order chi connectivity index (χ0) is 16.7. The highest BCUT2D eigenvalue weighted by Crippen LogP contribution is 2.25. The molecule has 1 fully saturated rings. The molecule has 1 amide bonds. The second-order valence-corrected chi connectivity index (χ2v) is 6.87. The summed E-state index contributed by atoms with van der Waals surface area (Å²) in [5, 5.41) is 4.56. The van der Waals surface area contributed by atoms with Crippen LogP contribution in [-0.2, 0) is 26.6 Å². The largest absolute Gasteiger partial charge is 0.465 e. The minimum atomic E-state index is 0.111. The van der Waals surface area contributed by atoms with Crippen LogP contribution in [0.2, 0.25) is 0 Å². The van der Waals surface area contributed by atoms with Crippen molar-refractivity contribution >= 4 is 5.91 Å². The van der Waals surface area contributed by atoms with Crippen LogP contribution in [0.1, 0.15) is 46.1 Å². The summed E-state index contributed by atoms with van der Waals surface area (Å²) in [6, 6.07) is 4.04. The van der Waals surface area contributed by atoms with Gasteiger partial charge in [0.15, 0.2) is 5.69 Å². The first-order valence-corrected chi connectivity index (χ1v) is 8.73. The Bertz CT molecular complexity index is 755. The van der Waals surface area contributed by atoms with Crippen LogP contribution >= 0.6 is 0 Å². The topological polar surface area (TPSA) is 54.5 Å². The quantitative estimate of drug-likeness (QED) is 0.866. The van der Waals surface area contributed by atoms with Gasteiger partial charge in [-0.2, -0.15) is 5.10 Å². The van der Waals surface area contributed by atoms with Gasteiger partial charge in [0.2, 0.25) is 0 Å². The highest BCUT2D eigenvalue weighted by molar-refractivity contribution is 5.94. The number of furan rings is 1. The lowest BCUT2D eigenvalue weighted by atomic mass is 10.0. The van der Waals surface area contributed by atoms with Gasteiger partial charge < -0.3 is 9.32 Å². The fraction of sp³-hybridized carbons (Fsp3) is 0.556. The third kappa shape index (κ3) is 2.75. The molecular weight excluding hydrogens is 304 g/mol. The maximum Gasteiger partial charge on any atom is 0.274 e. The molecule has 0 atom stereocenters. The molecule has 2 aromatic rings. The van der Waals surface area contributed by atoms with Crippen molar-refractivity contribution in [1.29, 1.82) is 0 Å². The van der Waals surface area contributed by atoms with E-state index in [1.165, 1.54) is 0 Å². The van der Waals surface area contributed by atoms with E-state index in [2.05, 4.69) is 10.00 Å². The van der Waals surface area contributed by atoms with Gasteiger partial charge in [0.05, 0.1) is 12.2 Å². The average Bonchev–Trinajstić information content (AvgIpc) is 3.29. The Balaban J connectivity index is 1.53. The molecule has 6 nitrogen and oxygen atoms in total. The zero-order valence-corrected chi connectivity index (χ0v) is 14.4. The van der Waals surface area contributed by atoms with Crippen molar-refractivity contribution in [2.45, 2.75) is 39.3 Å². The molecule has 0 unspecified atom stereocenters. The van der Waals surface area contributed by atoms with E-state index in [0.717, 1.165) is 74.8 Å². The second-order valence-electron chi connectivity index (χ2n) is 6.87. The first kappa shape index (κ1) is 15.4. The molecule has 0 N–H and O–H groups in total. The number of hydrogen-bond acceptors (Lipinski definition) is 4. The lowest BCUT2D eigenvalue weighted by Crippen LogP contribution is -2.32. The van der Waals surface area contributed by atoms with E-state index in [9.17, 15) is 4.79 Å². The summed E-state index contributed by atoms with van der Waals surface area (Å²) in [6.07, 6.45) is 3.09. The van der Waals surface area contributed by atoms with E-state index in [-0.39, 0.29) is 5.91 Å². The predicted molar refractivity (Wildman–Crippen MR) is 89.6 cm³/mol. The van der Waals surface area contributed by atoms with Crippen LogP contribution in [-0.4, -0.2) is 45.1 Å². The summed E-state index contributed by atoms with van der Waals surface area (Å²) in [6.45, 7) is 6.25. The summed E-state index contributed by atoms with van der Waals surface area (Å²) >= 11 is 0. The van der Waals surface area contributed by atoms with E-state index in [1.54, 1.807) is 0 Å². The number of amides is 1. The highest BCUT2D eigenvalue weighted by atomic mass is 16.3. The standard InChI is InChI=1S/C18H24N4O2/c1-13-5-6-14(24-13)11-21-10-7-15-16(12-21)20(2)19-17(15)18(23)22-8-3-4-9-22/h5-6H,3-4,7-12H2,1-2H3. The lowest BCUT2D eigenvalue weighted by molar-refractivity contribution is 0.0784. The Morgan fingerprint density at radius 2 is 2.04 bits per heavy atom. The molecule has 2 aliphatic heterocycles. The van der Waals surface area contributed by atoms with Crippen molar-refractivity contribution in [1.82, 2.24) is 19.6 Å². The Labute approximate surface area is 142 Å². The van der Waals surface area contributed by atoms with E-state index < -0.39 is 0 Å². The number of aryl methyl sites for hydroxylation is 2. The van der Waals surface area contributed by atoms with Crippen LogP contribution < -0.4 is 0 Å². The Morgan fingerprint density at radius 1 is 1.25 bits per heavy atom. The van der Waals surface area contributed by atoms with Crippen LogP contribution in [0.4, 0.5) is 0 Å². The maximum absolute atomic E-state index is 12.7. The van der Waals surface area contributed by atoms with Gasteiger partial charge in [-0.05, 0) is 38.3 Å². The number of rotatable bonds is 3. The summed E-state index contributed by atoms with van der Waals surface area (Å²) in [4.78, 5) is 17.0. The molecule has 1 saturated heterocycles. The molecule has 0 aromatic carbocycles. The molecule has 0 aliphatic carbocycles. The van der Waals surface area contributed by atoms with Crippen molar-refractivity contribution in [2.75, 3.05) is 19.6 Å². The van der Waals surface area contributed by atoms with E-state index in [4.69, 9.17) is 4.42 Å². The summed E-state index contributed by atoms with van der Waals surface area (Å²) in [7, 11) is 1.94. The number of likely N-dealkylation sites (tertiary alicyclic amines) is 1. The molecule has 0 radical (unpaired) electrons. The number of carbonyl (C=O) groups is 1. The van der Waals surface area contributed by atoms with Crippen LogP contribution in [0.5, 0.6) is 0 Å². The number of nitrogens with zero attached hydrogens (tertiary/aromatic N) is 4. The van der Waals surface area contributed by atoms with Gasteiger partial charge in [0.25, 0.3) is 5.91 Å². The molecule has 6 heteroatoms. The van der Waals surface area contributed by atoms with Crippen molar-refractivity contribution in [3.8, 4) is 0 Å². The van der Waals surface area contributed by atoms with Gasteiger partial charge in [-0.25, -0.2) is 0 Å². The van der Waals surface area contributed by atoms with Crippen LogP contribution in [0.25, 0.3) is 0 Å². The molecule has 0 bridgehead atoms. The molecule has 0 saturated carbocycles. The van der Waals surface area contributed by atoms with Gasteiger partial charge in [0, 0.05) is 38.8 Å². The fourth-order valence-electron chi connectivity index (χ4n) is 3.79. The van der Waals surface area contributed by atoms with Gasteiger partial charge in [-0.3, -0.25) is 14.4 Å².